The summed E-state index contributed by atoms with van der Waals surface area (Å²) in [4.78, 5) is 0.00714. The number of sulfonamides is 1. The second kappa shape index (κ2) is 6.23. The molecular formula is C14H14Cl2N2O2S. The Kier molecular flexibility index (Phi) is 4.78. The van der Waals surface area contributed by atoms with E-state index in [1.54, 1.807) is 31.2 Å². The highest BCUT2D eigenvalue weighted by Crippen LogP contribution is 2.24. The molecule has 3 N–H and O–H groups in total. The van der Waals surface area contributed by atoms with Crippen molar-refractivity contribution >= 4 is 38.9 Å². The van der Waals surface area contributed by atoms with E-state index in [1.165, 1.54) is 18.2 Å². The number of halogens is 2. The largest absolute Gasteiger partial charge is 0.398 e. The lowest BCUT2D eigenvalue weighted by atomic mass is 10.1. The second-order valence-electron chi connectivity index (χ2n) is 4.58. The van der Waals surface area contributed by atoms with Gasteiger partial charge in [-0.05, 0) is 42.8 Å². The smallest absolute Gasteiger partial charge is 0.243 e. The molecular weight excluding hydrogens is 331 g/mol. The fourth-order valence-electron chi connectivity index (χ4n) is 1.88. The maximum Gasteiger partial charge on any atom is 0.243 e. The molecule has 1 unspecified atom stereocenters. The van der Waals surface area contributed by atoms with Gasteiger partial charge in [-0.15, -0.1) is 0 Å². The van der Waals surface area contributed by atoms with E-state index >= 15 is 0 Å². The van der Waals surface area contributed by atoms with Crippen LogP contribution in [0.4, 0.5) is 5.69 Å². The van der Waals surface area contributed by atoms with Crippen LogP contribution in [0.25, 0.3) is 0 Å². The molecule has 0 aromatic heterocycles. The van der Waals surface area contributed by atoms with E-state index in [-0.39, 0.29) is 10.6 Å². The van der Waals surface area contributed by atoms with Gasteiger partial charge in [0.05, 0.1) is 5.69 Å². The van der Waals surface area contributed by atoms with Crippen LogP contribution in [0.1, 0.15) is 18.5 Å². The standard InChI is InChI=1S/C14H14Cl2N2O2S/c1-9(10-2-4-11(15)5-3-10)18-21(19,20)14-7-6-12(16)8-13(14)17/h2-9,18H,17H2,1H3. The summed E-state index contributed by atoms with van der Waals surface area (Å²) < 4.78 is 27.3. The molecule has 2 aromatic carbocycles. The maximum absolute atomic E-state index is 12.4. The Balaban J connectivity index is 2.26. The van der Waals surface area contributed by atoms with E-state index in [0.29, 0.717) is 10.0 Å². The van der Waals surface area contributed by atoms with Gasteiger partial charge in [0.2, 0.25) is 10.0 Å². The number of hydrogen-bond acceptors (Lipinski definition) is 3. The van der Waals surface area contributed by atoms with Crippen LogP contribution in [-0.2, 0) is 10.0 Å². The molecule has 0 radical (unpaired) electrons. The Labute approximate surface area is 133 Å². The predicted molar refractivity (Wildman–Crippen MR) is 86.1 cm³/mol. The van der Waals surface area contributed by atoms with Crippen LogP contribution in [0.3, 0.4) is 0 Å². The third kappa shape index (κ3) is 3.89. The monoisotopic (exact) mass is 344 g/mol. The molecule has 0 saturated carbocycles. The lowest BCUT2D eigenvalue weighted by molar-refractivity contribution is 0.567. The Bertz CT molecular complexity index is 746. The van der Waals surface area contributed by atoms with Crippen molar-refractivity contribution in [3.05, 3.63) is 58.1 Å². The average molecular weight is 345 g/mol. The molecule has 0 aliphatic carbocycles. The first-order valence-corrected chi connectivity index (χ1v) is 8.36. The van der Waals surface area contributed by atoms with Crippen LogP contribution < -0.4 is 10.5 Å². The molecule has 21 heavy (non-hydrogen) atoms. The highest BCUT2D eigenvalue weighted by atomic mass is 35.5. The number of nitrogens with two attached hydrogens (primary N) is 1. The summed E-state index contributed by atoms with van der Waals surface area (Å²) in [6, 6.07) is 10.8. The second-order valence-corrected chi connectivity index (χ2v) is 7.13. The zero-order chi connectivity index (χ0) is 15.6. The van der Waals surface area contributed by atoms with Crippen LogP contribution in [0, 0.1) is 0 Å². The van der Waals surface area contributed by atoms with Crippen molar-refractivity contribution in [2.75, 3.05) is 5.73 Å². The number of rotatable bonds is 4. The van der Waals surface area contributed by atoms with Crippen molar-refractivity contribution in [3.8, 4) is 0 Å². The van der Waals surface area contributed by atoms with Crippen molar-refractivity contribution in [1.82, 2.24) is 4.72 Å². The van der Waals surface area contributed by atoms with Crippen molar-refractivity contribution in [2.24, 2.45) is 0 Å². The zero-order valence-electron chi connectivity index (χ0n) is 11.2. The molecule has 2 aromatic rings. The molecule has 0 heterocycles. The molecule has 0 amide bonds. The van der Waals surface area contributed by atoms with Crippen LogP contribution in [-0.4, -0.2) is 8.42 Å². The SMILES string of the molecule is CC(NS(=O)(=O)c1ccc(Cl)cc1N)c1ccc(Cl)cc1. The highest BCUT2D eigenvalue weighted by Gasteiger charge is 2.20. The first-order valence-electron chi connectivity index (χ1n) is 6.12. The average Bonchev–Trinajstić information content (AvgIpc) is 2.38. The maximum atomic E-state index is 12.4. The number of nitrogens with one attached hydrogen (secondary N) is 1. The lowest BCUT2D eigenvalue weighted by Gasteiger charge is -2.16. The Morgan fingerprint density at radius 2 is 1.62 bits per heavy atom. The summed E-state index contributed by atoms with van der Waals surface area (Å²) in [7, 11) is -3.73. The summed E-state index contributed by atoms with van der Waals surface area (Å²) in [6.07, 6.45) is 0. The van der Waals surface area contributed by atoms with E-state index in [9.17, 15) is 8.42 Å². The Hall–Kier alpha value is -1.27. The van der Waals surface area contributed by atoms with Crippen molar-refractivity contribution < 1.29 is 8.42 Å². The molecule has 1 atom stereocenters. The van der Waals surface area contributed by atoms with Crippen molar-refractivity contribution in [2.45, 2.75) is 17.9 Å². The summed E-state index contributed by atoms with van der Waals surface area (Å²) in [5.74, 6) is 0. The fraction of sp³-hybridized carbons (Fsp3) is 0.143. The fourth-order valence-corrected chi connectivity index (χ4v) is 3.53. The van der Waals surface area contributed by atoms with Crippen LogP contribution in [0.15, 0.2) is 47.4 Å². The number of nitrogen functional groups attached to an aromatic ring is 1. The molecule has 7 heteroatoms. The van der Waals surface area contributed by atoms with E-state index < -0.39 is 16.1 Å². The minimum atomic E-state index is -3.73. The van der Waals surface area contributed by atoms with Gasteiger partial charge in [-0.2, -0.15) is 0 Å². The van der Waals surface area contributed by atoms with Gasteiger partial charge in [0, 0.05) is 16.1 Å². The minimum Gasteiger partial charge on any atom is -0.398 e. The van der Waals surface area contributed by atoms with E-state index in [0.717, 1.165) is 5.56 Å². The molecule has 112 valence electrons. The first kappa shape index (κ1) is 16.1. The van der Waals surface area contributed by atoms with Gasteiger partial charge in [0.25, 0.3) is 0 Å². The molecule has 0 fully saturated rings. The number of hydrogen-bond donors (Lipinski definition) is 2. The Morgan fingerprint density at radius 3 is 2.19 bits per heavy atom. The van der Waals surface area contributed by atoms with Gasteiger partial charge >= 0.3 is 0 Å². The highest BCUT2D eigenvalue weighted by molar-refractivity contribution is 7.89. The molecule has 0 saturated heterocycles. The van der Waals surface area contributed by atoms with Gasteiger partial charge in [0.15, 0.2) is 0 Å². The van der Waals surface area contributed by atoms with Crippen molar-refractivity contribution in [1.29, 1.82) is 0 Å². The van der Waals surface area contributed by atoms with Crippen LogP contribution in [0.5, 0.6) is 0 Å². The third-order valence-corrected chi connectivity index (χ3v) is 5.07. The van der Waals surface area contributed by atoms with E-state index in [4.69, 9.17) is 28.9 Å². The summed E-state index contributed by atoms with van der Waals surface area (Å²) in [6.45, 7) is 1.74. The summed E-state index contributed by atoms with van der Waals surface area (Å²) in [5.41, 5.74) is 6.63. The van der Waals surface area contributed by atoms with Gasteiger partial charge < -0.3 is 5.73 Å². The van der Waals surface area contributed by atoms with Gasteiger partial charge in [-0.3, -0.25) is 0 Å². The van der Waals surface area contributed by atoms with Crippen LogP contribution in [0.2, 0.25) is 10.0 Å². The molecule has 0 bridgehead atoms. The Morgan fingerprint density at radius 1 is 1.05 bits per heavy atom. The van der Waals surface area contributed by atoms with Gasteiger partial charge in [0.1, 0.15) is 4.90 Å². The molecule has 0 aliphatic rings. The predicted octanol–water partition coefficient (Wildman–Crippen LogP) is 3.62. The quantitative estimate of drug-likeness (QED) is 0.832. The lowest BCUT2D eigenvalue weighted by Crippen LogP contribution is -2.27. The first-order chi connectivity index (χ1) is 9.79. The van der Waals surface area contributed by atoms with Gasteiger partial charge in [-0.25, -0.2) is 13.1 Å². The van der Waals surface area contributed by atoms with E-state index in [1.807, 2.05) is 0 Å². The summed E-state index contributed by atoms with van der Waals surface area (Å²) >= 11 is 11.6. The normalized spacial score (nSPS) is 13.1. The van der Waals surface area contributed by atoms with Crippen molar-refractivity contribution in [3.63, 3.8) is 0 Å². The molecule has 4 nitrogen and oxygen atoms in total. The molecule has 0 spiro atoms. The van der Waals surface area contributed by atoms with E-state index in [2.05, 4.69) is 4.72 Å². The number of benzene rings is 2. The van der Waals surface area contributed by atoms with Crippen LogP contribution >= 0.6 is 23.2 Å². The molecule has 0 aliphatic heterocycles. The number of anilines is 1. The minimum absolute atomic E-state index is 0.00714. The molecule has 2 rings (SSSR count). The zero-order valence-corrected chi connectivity index (χ0v) is 13.5. The summed E-state index contributed by atoms with van der Waals surface area (Å²) in [5, 5.41) is 0.980. The van der Waals surface area contributed by atoms with Gasteiger partial charge in [-0.1, -0.05) is 35.3 Å². The topological polar surface area (TPSA) is 72.2 Å². The third-order valence-electron chi connectivity index (χ3n) is 2.96.